The smallest absolute Gasteiger partial charge is 0.251 e. The summed E-state index contributed by atoms with van der Waals surface area (Å²) in [6.45, 7) is 0. The van der Waals surface area contributed by atoms with Crippen LogP contribution in [-0.2, 0) is 11.2 Å². The van der Waals surface area contributed by atoms with Crippen molar-refractivity contribution in [1.82, 2.24) is 15.3 Å². The Balaban J connectivity index is 2.42. The number of nitrogens with zero attached hydrogens (tertiary/aromatic N) is 1. The van der Waals surface area contributed by atoms with Crippen molar-refractivity contribution < 1.29 is 4.79 Å². The van der Waals surface area contributed by atoms with Crippen LogP contribution in [0.3, 0.4) is 0 Å². The van der Waals surface area contributed by atoms with E-state index in [1.54, 1.807) is 31.6 Å². The van der Waals surface area contributed by atoms with Gasteiger partial charge in [-0.1, -0.05) is 0 Å². The predicted octanol–water partition coefficient (Wildman–Crippen LogP) is -0.461. The van der Waals surface area contributed by atoms with Gasteiger partial charge in [0.25, 0.3) is 5.56 Å². The Kier molecular flexibility index (Phi) is 3.38. The van der Waals surface area contributed by atoms with Crippen molar-refractivity contribution in [3.05, 3.63) is 40.4 Å². The van der Waals surface area contributed by atoms with Gasteiger partial charge in [-0.2, -0.15) is 0 Å². The minimum Gasteiger partial charge on any atom is -0.368 e. The Labute approximate surface area is 103 Å². The Morgan fingerprint density at radius 1 is 1.61 bits per heavy atom. The Hall–Kier alpha value is -2.21. The van der Waals surface area contributed by atoms with Crippen LogP contribution < -0.4 is 16.6 Å². The molecule has 18 heavy (non-hydrogen) atoms. The molecule has 0 spiro atoms. The normalized spacial score (nSPS) is 12.5. The maximum Gasteiger partial charge on any atom is 0.251 e. The van der Waals surface area contributed by atoms with Gasteiger partial charge in [0.05, 0.1) is 11.6 Å². The maximum atomic E-state index is 11.9. The Morgan fingerprint density at radius 2 is 2.39 bits per heavy atom. The predicted molar refractivity (Wildman–Crippen MR) is 68.1 cm³/mol. The lowest BCUT2D eigenvalue weighted by molar-refractivity contribution is -0.119. The third-order valence-corrected chi connectivity index (χ3v) is 2.84. The highest BCUT2D eigenvalue weighted by Crippen LogP contribution is 2.09. The quantitative estimate of drug-likeness (QED) is 0.679. The molecule has 0 aliphatic carbocycles. The van der Waals surface area contributed by atoms with E-state index < -0.39 is 11.9 Å². The summed E-state index contributed by atoms with van der Waals surface area (Å²) in [4.78, 5) is 29.7. The number of primary amides is 1. The van der Waals surface area contributed by atoms with E-state index in [-0.39, 0.29) is 12.0 Å². The molecule has 2 aromatic rings. The first-order chi connectivity index (χ1) is 8.61. The molecule has 4 N–H and O–H groups in total. The molecule has 0 unspecified atom stereocenters. The fourth-order valence-electron chi connectivity index (χ4n) is 1.81. The van der Waals surface area contributed by atoms with Crippen molar-refractivity contribution in [2.75, 3.05) is 7.05 Å². The number of carbonyl (C=O) groups is 1. The first-order valence-corrected chi connectivity index (χ1v) is 5.54. The summed E-state index contributed by atoms with van der Waals surface area (Å²) in [5, 5.41) is 3.61. The fourth-order valence-corrected chi connectivity index (χ4v) is 1.81. The first-order valence-electron chi connectivity index (χ1n) is 5.54. The van der Waals surface area contributed by atoms with E-state index in [9.17, 15) is 9.59 Å². The van der Waals surface area contributed by atoms with Crippen LogP contribution in [0.2, 0.25) is 0 Å². The number of carbonyl (C=O) groups excluding carboxylic acids is 1. The molecule has 94 valence electrons. The molecule has 0 aromatic carbocycles. The molecular weight excluding hydrogens is 232 g/mol. The summed E-state index contributed by atoms with van der Waals surface area (Å²) in [6.07, 6.45) is 3.52. The minimum absolute atomic E-state index is 0.213. The van der Waals surface area contributed by atoms with E-state index >= 15 is 0 Å². The number of H-pyrrole nitrogens is 1. The molecule has 1 amide bonds. The molecular formula is C12H14N4O2. The van der Waals surface area contributed by atoms with Crippen LogP contribution in [0.4, 0.5) is 0 Å². The molecule has 0 aliphatic heterocycles. The minimum atomic E-state index is -0.555. The number of hydrogen-bond acceptors (Lipinski definition) is 4. The maximum absolute atomic E-state index is 11.9. The third kappa shape index (κ3) is 2.38. The molecule has 0 aliphatic rings. The lowest BCUT2D eigenvalue weighted by Crippen LogP contribution is -2.41. The van der Waals surface area contributed by atoms with E-state index in [0.717, 1.165) is 10.9 Å². The molecule has 6 nitrogen and oxygen atoms in total. The van der Waals surface area contributed by atoms with E-state index in [1.807, 2.05) is 0 Å². The number of fused-ring (bicyclic) bond motifs is 1. The van der Waals surface area contributed by atoms with Gasteiger partial charge in [-0.3, -0.25) is 14.6 Å². The molecule has 0 saturated carbocycles. The molecule has 6 heteroatoms. The number of amides is 1. The van der Waals surface area contributed by atoms with E-state index in [0.29, 0.717) is 5.56 Å². The van der Waals surface area contributed by atoms with E-state index in [2.05, 4.69) is 15.3 Å². The second-order valence-electron chi connectivity index (χ2n) is 4.03. The second-order valence-corrected chi connectivity index (χ2v) is 4.03. The molecule has 2 rings (SSSR count). The summed E-state index contributed by atoms with van der Waals surface area (Å²) in [5.41, 5.74) is 6.25. The first kappa shape index (κ1) is 12.3. The van der Waals surface area contributed by atoms with Gasteiger partial charge in [0.1, 0.15) is 0 Å². The zero-order chi connectivity index (χ0) is 13.1. The van der Waals surface area contributed by atoms with Gasteiger partial charge in [-0.25, -0.2) is 0 Å². The zero-order valence-electron chi connectivity index (χ0n) is 9.93. The summed E-state index contributed by atoms with van der Waals surface area (Å²) in [7, 11) is 1.63. The monoisotopic (exact) mass is 246 g/mol. The third-order valence-electron chi connectivity index (χ3n) is 2.84. The number of hydrogen-bond donors (Lipinski definition) is 3. The SMILES string of the molecule is CN[C@@H](Cc1cc2cnccc2[nH]c1=O)C(N)=O. The fraction of sp³-hybridized carbons (Fsp3) is 0.250. The summed E-state index contributed by atoms with van der Waals surface area (Å²) in [6, 6.07) is 2.90. The number of nitrogens with one attached hydrogen (secondary N) is 2. The summed E-state index contributed by atoms with van der Waals surface area (Å²) in [5.74, 6) is -0.483. The number of likely N-dealkylation sites (N-methyl/N-ethyl adjacent to an activating group) is 1. The summed E-state index contributed by atoms with van der Waals surface area (Å²) >= 11 is 0. The molecule has 2 heterocycles. The van der Waals surface area contributed by atoms with Crippen LogP contribution in [0.25, 0.3) is 10.9 Å². The molecule has 0 saturated heterocycles. The molecule has 0 fully saturated rings. The van der Waals surface area contributed by atoms with Crippen molar-refractivity contribution in [1.29, 1.82) is 0 Å². The Bertz CT molecular complexity index is 635. The molecule has 0 bridgehead atoms. The largest absolute Gasteiger partial charge is 0.368 e. The van der Waals surface area contributed by atoms with Crippen LogP contribution in [0.5, 0.6) is 0 Å². The van der Waals surface area contributed by atoms with Gasteiger partial charge in [0, 0.05) is 29.8 Å². The van der Waals surface area contributed by atoms with Crippen LogP contribution in [0, 0.1) is 0 Å². The van der Waals surface area contributed by atoms with Gasteiger partial charge in [-0.05, 0) is 19.2 Å². The molecule has 0 radical (unpaired) electrons. The van der Waals surface area contributed by atoms with E-state index in [1.165, 1.54) is 0 Å². The van der Waals surface area contributed by atoms with Gasteiger partial charge in [0.15, 0.2) is 0 Å². The lowest BCUT2D eigenvalue weighted by atomic mass is 10.1. The average Bonchev–Trinajstić information content (AvgIpc) is 2.35. The highest BCUT2D eigenvalue weighted by molar-refractivity contribution is 5.81. The van der Waals surface area contributed by atoms with Gasteiger partial charge in [-0.15, -0.1) is 0 Å². The Morgan fingerprint density at radius 3 is 3.06 bits per heavy atom. The average molecular weight is 246 g/mol. The van der Waals surface area contributed by atoms with Crippen molar-refractivity contribution >= 4 is 16.8 Å². The van der Waals surface area contributed by atoms with Crippen LogP contribution in [0.1, 0.15) is 5.56 Å². The number of rotatable bonds is 4. The van der Waals surface area contributed by atoms with Crippen molar-refractivity contribution in [3.63, 3.8) is 0 Å². The second kappa shape index (κ2) is 4.97. The topological polar surface area (TPSA) is 101 Å². The number of aromatic nitrogens is 2. The van der Waals surface area contributed by atoms with Gasteiger partial charge < -0.3 is 16.0 Å². The van der Waals surface area contributed by atoms with Gasteiger partial charge >= 0.3 is 0 Å². The highest BCUT2D eigenvalue weighted by Gasteiger charge is 2.15. The van der Waals surface area contributed by atoms with E-state index in [4.69, 9.17) is 5.73 Å². The zero-order valence-corrected chi connectivity index (χ0v) is 9.93. The standard InChI is InChI=1S/C12H14N4O2/c1-14-10(11(13)17)5-7-4-8-6-15-3-2-9(8)16-12(7)18/h2-4,6,10,14H,5H2,1H3,(H2,13,17)(H,16,18)/t10-/m0/s1. The van der Waals surface area contributed by atoms with Crippen LogP contribution in [-0.4, -0.2) is 29.0 Å². The number of pyridine rings is 2. The van der Waals surface area contributed by atoms with Gasteiger partial charge in [0.2, 0.25) is 5.91 Å². The highest BCUT2D eigenvalue weighted by atomic mass is 16.1. The van der Waals surface area contributed by atoms with Crippen molar-refractivity contribution in [2.24, 2.45) is 5.73 Å². The lowest BCUT2D eigenvalue weighted by Gasteiger charge is -2.11. The van der Waals surface area contributed by atoms with Crippen molar-refractivity contribution in [2.45, 2.75) is 12.5 Å². The molecule has 1 atom stereocenters. The van der Waals surface area contributed by atoms with Crippen LogP contribution in [0.15, 0.2) is 29.3 Å². The summed E-state index contributed by atoms with van der Waals surface area (Å²) < 4.78 is 0. The number of nitrogens with two attached hydrogens (primary N) is 1. The molecule has 2 aromatic heterocycles. The number of aromatic amines is 1. The van der Waals surface area contributed by atoms with Crippen LogP contribution >= 0.6 is 0 Å². The van der Waals surface area contributed by atoms with Crippen molar-refractivity contribution in [3.8, 4) is 0 Å².